The minimum Gasteiger partial charge on any atom is -0.383 e. The van der Waals surface area contributed by atoms with Gasteiger partial charge in [-0.15, -0.1) is 0 Å². The number of aliphatic hydroxyl groups is 1. The van der Waals surface area contributed by atoms with E-state index < -0.39 is 52.4 Å². The zero-order chi connectivity index (χ0) is 26.6. The van der Waals surface area contributed by atoms with Crippen LogP contribution in [0.5, 0.6) is 0 Å². The van der Waals surface area contributed by atoms with E-state index in [1.807, 2.05) is 0 Å². The van der Waals surface area contributed by atoms with E-state index in [2.05, 4.69) is 15.6 Å². The fraction of sp³-hybridized carbons (Fsp3) is 0.261. The Labute approximate surface area is 205 Å². The van der Waals surface area contributed by atoms with E-state index in [-0.39, 0.29) is 40.5 Å². The van der Waals surface area contributed by atoms with Crippen LogP contribution in [0, 0.1) is 11.6 Å². The van der Waals surface area contributed by atoms with Gasteiger partial charge in [0.05, 0.1) is 17.3 Å². The Bertz CT molecular complexity index is 1380. The second-order valence-electron chi connectivity index (χ2n) is 8.66. The molecule has 0 bridgehead atoms. The fourth-order valence-electron chi connectivity index (χ4n) is 3.92. The van der Waals surface area contributed by atoms with Gasteiger partial charge in [-0.1, -0.05) is 11.6 Å². The summed E-state index contributed by atoms with van der Waals surface area (Å²) < 4.78 is 68.6. The van der Waals surface area contributed by atoms with Crippen LogP contribution in [0.3, 0.4) is 0 Å². The standard InChI is InChI=1S/C23H18ClF5N4O3/c1-22(2,36)21-32-19(31-20(35)10-5-11(23(27,28)29)7-13(26)6-10)18-17(30-16(34)9-33(18)21)14-8-12(25)3-4-15(14)24/h3-8,17,36H,9H2,1-2H3,(H,30,34)(H,31,35)/t17-/m0/s1. The third-order valence-electron chi connectivity index (χ3n) is 5.42. The fourth-order valence-corrected chi connectivity index (χ4v) is 4.15. The summed E-state index contributed by atoms with van der Waals surface area (Å²) >= 11 is 6.24. The minimum atomic E-state index is -4.90. The molecule has 0 saturated carbocycles. The number of carbonyl (C=O) groups excluding carboxylic acids is 2. The second kappa shape index (κ2) is 8.86. The lowest BCUT2D eigenvalue weighted by Crippen LogP contribution is -2.41. The summed E-state index contributed by atoms with van der Waals surface area (Å²) in [4.78, 5) is 29.6. The van der Waals surface area contributed by atoms with E-state index in [9.17, 15) is 36.6 Å². The Kier molecular flexibility index (Phi) is 6.29. The normalized spacial score (nSPS) is 15.9. The van der Waals surface area contributed by atoms with Gasteiger partial charge in [-0.05, 0) is 50.2 Å². The number of rotatable bonds is 4. The molecular weight excluding hydrogens is 511 g/mol. The summed E-state index contributed by atoms with van der Waals surface area (Å²) in [6.07, 6.45) is -4.90. The van der Waals surface area contributed by atoms with Crippen LogP contribution in [0.2, 0.25) is 5.02 Å². The summed E-state index contributed by atoms with van der Waals surface area (Å²) in [5.74, 6) is -3.93. The molecule has 1 aliphatic heterocycles. The van der Waals surface area contributed by atoms with Crippen molar-refractivity contribution in [3.63, 3.8) is 0 Å². The second-order valence-corrected chi connectivity index (χ2v) is 9.07. The van der Waals surface area contributed by atoms with Crippen molar-refractivity contribution in [1.82, 2.24) is 14.9 Å². The number of fused-ring (bicyclic) bond motifs is 1. The molecule has 36 heavy (non-hydrogen) atoms. The highest BCUT2D eigenvalue weighted by molar-refractivity contribution is 6.31. The Morgan fingerprint density at radius 2 is 1.86 bits per heavy atom. The number of amides is 2. The number of imidazole rings is 1. The van der Waals surface area contributed by atoms with Crippen molar-refractivity contribution in [2.75, 3.05) is 5.32 Å². The average Bonchev–Trinajstić information content (AvgIpc) is 3.12. The smallest absolute Gasteiger partial charge is 0.383 e. The van der Waals surface area contributed by atoms with Crippen LogP contribution in [0.1, 0.15) is 52.9 Å². The van der Waals surface area contributed by atoms with Crippen LogP contribution >= 0.6 is 11.6 Å². The van der Waals surface area contributed by atoms with Gasteiger partial charge in [-0.25, -0.2) is 13.8 Å². The lowest BCUT2D eigenvalue weighted by molar-refractivity contribution is -0.137. The number of aromatic nitrogens is 2. The van der Waals surface area contributed by atoms with Gasteiger partial charge in [0, 0.05) is 16.1 Å². The largest absolute Gasteiger partial charge is 0.416 e. The maximum Gasteiger partial charge on any atom is 0.416 e. The number of hydrogen-bond acceptors (Lipinski definition) is 4. The highest BCUT2D eigenvalue weighted by atomic mass is 35.5. The van der Waals surface area contributed by atoms with Crippen molar-refractivity contribution in [3.05, 3.63) is 81.3 Å². The van der Waals surface area contributed by atoms with Gasteiger partial charge in [-0.2, -0.15) is 13.2 Å². The molecule has 2 heterocycles. The monoisotopic (exact) mass is 528 g/mol. The quantitative estimate of drug-likeness (QED) is 0.434. The van der Waals surface area contributed by atoms with Crippen molar-refractivity contribution in [2.45, 2.75) is 38.2 Å². The zero-order valence-electron chi connectivity index (χ0n) is 18.7. The van der Waals surface area contributed by atoms with Crippen molar-refractivity contribution in [2.24, 2.45) is 0 Å². The predicted molar refractivity (Wildman–Crippen MR) is 118 cm³/mol. The topological polar surface area (TPSA) is 96.2 Å². The lowest BCUT2D eigenvalue weighted by atomic mass is 10.0. The van der Waals surface area contributed by atoms with Crippen LogP contribution in [0.4, 0.5) is 27.8 Å². The Morgan fingerprint density at radius 3 is 2.50 bits per heavy atom. The summed E-state index contributed by atoms with van der Waals surface area (Å²) in [7, 11) is 0. The molecule has 13 heteroatoms. The lowest BCUT2D eigenvalue weighted by Gasteiger charge is -2.29. The summed E-state index contributed by atoms with van der Waals surface area (Å²) in [6.45, 7) is 2.40. The molecular formula is C23H18ClF5N4O3. The number of nitrogens with one attached hydrogen (secondary N) is 2. The molecule has 2 aromatic carbocycles. The molecule has 1 aliphatic rings. The van der Waals surface area contributed by atoms with Crippen LogP contribution in [0.25, 0.3) is 0 Å². The first kappa shape index (κ1) is 25.6. The first-order valence-electron chi connectivity index (χ1n) is 10.4. The molecule has 190 valence electrons. The van der Waals surface area contributed by atoms with Gasteiger partial charge in [0.2, 0.25) is 5.91 Å². The number of nitrogens with zero attached hydrogens (tertiary/aromatic N) is 2. The Hall–Kier alpha value is -3.51. The molecule has 1 aromatic heterocycles. The average molecular weight is 529 g/mol. The Morgan fingerprint density at radius 1 is 1.17 bits per heavy atom. The van der Waals surface area contributed by atoms with Gasteiger partial charge in [-0.3, -0.25) is 9.59 Å². The highest BCUT2D eigenvalue weighted by Gasteiger charge is 2.38. The van der Waals surface area contributed by atoms with Crippen molar-refractivity contribution >= 4 is 29.2 Å². The van der Waals surface area contributed by atoms with Gasteiger partial charge in [0.15, 0.2) is 5.82 Å². The van der Waals surface area contributed by atoms with Crippen LogP contribution in [0.15, 0.2) is 36.4 Å². The first-order chi connectivity index (χ1) is 16.6. The molecule has 0 fully saturated rings. The summed E-state index contributed by atoms with van der Waals surface area (Å²) in [6, 6.07) is 3.61. The zero-order valence-corrected chi connectivity index (χ0v) is 19.4. The van der Waals surface area contributed by atoms with Crippen molar-refractivity contribution in [3.8, 4) is 0 Å². The number of alkyl halides is 3. The van der Waals surface area contributed by atoms with E-state index in [1.54, 1.807) is 0 Å². The van der Waals surface area contributed by atoms with E-state index in [0.29, 0.717) is 12.1 Å². The van der Waals surface area contributed by atoms with E-state index in [0.717, 1.165) is 12.1 Å². The van der Waals surface area contributed by atoms with Gasteiger partial charge in [0.25, 0.3) is 5.91 Å². The van der Waals surface area contributed by atoms with Crippen LogP contribution in [-0.4, -0.2) is 26.5 Å². The van der Waals surface area contributed by atoms with Gasteiger partial charge in [0.1, 0.15) is 29.6 Å². The molecule has 0 unspecified atom stereocenters. The number of anilines is 1. The number of benzene rings is 2. The molecule has 3 aromatic rings. The maximum absolute atomic E-state index is 14.0. The number of halogens is 6. The number of carbonyl (C=O) groups is 2. The van der Waals surface area contributed by atoms with Crippen LogP contribution in [-0.2, 0) is 23.1 Å². The number of hydrogen-bond donors (Lipinski definition) is 3. The van der Waals surface area contributed by atoms with E-state index in [4.69, 9.17) is 11.6 Å². The molecule has 0 aliphatic carbocycles. The maximum atomic E-state index is 14.0. The molecule has 1 atom stereocenters. The molecule has 7 nitrogen and oxygen atoms in total. The molecule has 2 amide bonds. The van der Waals surface area contributed by atoms with Gasteiger partial charge >= 0.3 is 6.18 Å². The molecule has 0 spiro atoms. The minimum absolute atomic E-state index is 0.0598. The Balaban J connectivity index is 1.85. The van der Waals surface area contributed by atoms with E-state index >= 15 is 0 Å². The third-order valence-corrected chi connectivity index (χ3v) is 5.77. The van der Waals surface area contributed by atoms with Crippen LogP contribution < -0.4 is 10.6 Å². The molecule has 0 saturated heterocycles. The summed E-state index contributed by atoms with van der Waals surface area (Å²) in [5, 5.41) is 15.6. The molecule has 4 rings (SSSR count). The summed E-state index contributed by atoms with van der Waals surface area (Å²) in [5.41, 5.74) is -3.45. The molecule has 3 N–H and O–H groups in total. The first-order valence-corrected chi connectivity index (χ1v) is 10.8. The van der Waals surface area contributed by atoms with Crippen molar-refractivity contribution in [1.29, 1.82) is 0 Å². The SMILES string of the molecule is CC(C)(O)c1nc(NC(=O)c2cc(F)cc(C(F)(F)F)c2)c2n1CC(=O)N[C@H]2c1cc(F)ccc1Cl. The highest BCUT2D eigenvalue weighted by Crippen LogP contribution is 2.38. The predicted octanol–water partition coefficient (Wildman–Crippen LogP) is 4.53. The van der Waals surface area contributed by atoms with Crippen molar-refractivity contribution < 1.29 is 36.6 Å². The van der Waals surface area contributed by atoms with Gasteiger partial charge < -0.3 is 20.3 Å². The van der Waals surface area contributed by atoms with E-state index in [1.165, 1.54) is 24.5 Å². The molecule has 0 radical (unpaired) electrons. The third kappa shape index (κ3) is 4.91.